The second-order valence-corrected chi connectivity index (χ2v) is 5.42. The minimum absolute atomic E-state index is 0.283. The number of rotatable bonds is 3. The summed E-state index contributed by atoms with van der Waals surface area (Å²) in [5, 5.41) is 3.36. The molecule has 2 heterocycles. The molecule has 7 heteroatoms. The van der Waals surface area contributed by atoms with E-state index in [2.05, 4.69) is 15.3 Å². The summed E-state index contributed by atoms with van der Waals surface area (Å²) in [6.45, 7) is 6.25. The first-order valence-electron chi connectivity index (χ1n) is 6.39. The summed E-state index contributed by atoms with van der Waals surface area (Å²) in [5.74, 6) is 0.187. The molecule has 0 saturated carbocycles. The van der Waals surface area contributed by atoms with Crippen molar-refractivity contribution in [3.63, 3.8) is 0 Å². The number of aryl methyl sites for hydroxylation is 1. The summed E-state index contributed by atoms with van der Waals surface area (Å²) in [6, 6.07) is 0. The van der Waals surface area contributed by atoms with Crippen molar-refractivity contribution in [2.75, 3.05) is 18.9 Å². The highest BCUT2D eigenvalue weighted by Crippen LogP contribution is 2.19. The fourth-order valence-corrected chi connectivity index (χ4v) is 2.78. The summed E-state index contributed by atoms with van der Waals surface area (Å²) >= 11 is 1.51. The van der Waals surface area contributed by atoms with Gasteiger partial charge in [-0.1, -0.05) is 11.8 Å². The van der Waals surface area contributed by atoms with E-state index < -0.39 is 5.97 Å². The zero-order chi connectivity index (χ0) is 14.7. The second-order valence-electron chi connectivity index (χ2n) is 4.33. The van der Waals surface area contributed by atoms with Crippen molar-refractivity contribution in [2.45, 2.75) is 20.8 Å². The average Bonchev–Trinajstić information content (AvgIpc) is 2.98. The molecule has 108 valence electrons. The molecule has 1 aromatic rings. The van der Waals surface area contributed by atoms with Gasteiger partial charge in [-0.25, -0.2) is 4.79 Å². The molecule has 2 N–H and O–H groups in total. The first-order valence-corrected chi connectivity index (χ1v) is 7.38. The van der Waals surface area contributed by atoms with Gasteiger partial charge in [0.2, 0.25) is 0 Å². The number of thioether (sulfide) groups is 1. The van der Waals surface area contributed by atoms with E-state index in [0.717, 1.165) is 12.3 Å². The largest absolute Gasteiger partial charge is 0.462 e. The van der Waals surface area contributed by atoms with Gasteiger partial charge in [0, 0.05) is 11.4 Å². The standard InChI is InChI=1S/C13H17N3O3S/c1-4-19-12(18)9-7(2)10(15-8(9)3)11(17)16-13-14-5-6-20-13/h15H,4-6H2,1-3H3,(H,14,16,17). The van der Waals surface area contributed by atoms with Crippen LogP contribution in [-0.2, 0) is 4.74 Å². The summed E-state index contributed by atoms with van der Waals surface area (Å²) in [5.41, 5.74) is 2.04. The summed E-state index contributed by atoms with van der Waals surface area (Å²) in [6.07, 6.45) is 0. The molecule has 0 spiro atoms. The van der Waals surface area contributed by atoms with Crippen LogP contribution in [0.2, 0.25) is 0 Å². The van der Waals surface area contributed by atoms with Gasteiger partial charge in [0.05, 0.1) is 18.7 Å². The lowest BCUT2D eigenvalue weighted by Gasteiger charge is -2.04. The summed E-state index contributed by atoms with van der Waals surface area (Å²) in [7, 11) is 0. The smallest absolute Gasteiger partial charge is 0.340 e. The molecular weight excluding hydrogens is 278 g/mol. The fourth-order valence-electron chi connectivity index (χ4n) is 2.06. The van der Waals surface area contributed by atoms with Crippen LogP contribution in [0.4, 0.5) is 0 Å². The normalized spacial score (nSPS) is 14.1. The summed E-state index contributed by atoms with van der Waals surface area (Å²) < 4.78 is 5.00. The number of ether oxygens (including phenoxy) is 1. The van der Waals surface area contributed by atoms with Crippen molar-refractivity contribution >= 4 is 28.8 Å². The Bertz CT molecular complexity index is 578. The highest BCUT2D eigenvalue weighted by atomic mass is 32.2. The first kappa shape index (κ1) is 14.6. The Kier molecular flexibility index (Phi) is 4.49. The maximum Gasteiger partial charge on any atom is 0.340 e. The number of amides is 1. The van der Waals surface area contributed by atoms with Crippen molar-refractivity contribution < 1.29 is 14.3 Å². The number of nitrogens with one attached hydrogen (secondary N) is 2. The van der Waals surface area contributed by atoms with E-state index in [1.165, 1.54) is 11.8 Å². The van der Waals surface area contributed by atoms with E-state index >= 15 is 0 Å². The van der Waals surface area contributed by atoms with E-state index in [1.54, 1.807) is 20.8 Å². The molecule has 0 atom stereocenters. The average molecular weight is 295 g/mol. The molecule has 1 aliphatic heterocycles. The van der Waals surface area contributed by atoms with Gasteiger partial charge < -0.3 is 15.0 Å². The Labute approximate surface area is 121 Å². The van der Waals surface area contributed by atoms with Crippen LogP contribution in [0.25, 0.3) is 0 Å². The van der Waals surface area contributed by atoms with Crippen LogP contribution in [0.1, 0.15) is 39.0 Å². The van der Waals surface area contributed by atoms with Gasteiger partial charge in [0.25, 0.3) is 5.91 Å². The number of aromatic nitrogens is 1. The van der Waals surface area contributed by atoms with Crippen LogP contribution < -0.4 is 5.32 Å². The number of aliphatic imine (C=N–C) groups is 1. The predicted octanol–water partition coefficient (Wildman–Crippen LogP) is 1.64. The van der Waals surface area contributed by atoms with Crippen molar-refractivity contribution in [2.24, 2.45) is 4.99 Å². The molecule has 0 fully saturated rings. The van der Waals surface area contributed by atoms with Gasteiger partial charge in [-0.2, -0.15) is 0 Å². The van der Waals surface area contributed by atoms with Crippen molar-refractivity contribution in [3.8, 4) is 0 Å². The van der Waals surface area contributed by atoms with Crippen molar-refractivity contribution in [3.05, 3.63) is 22.5 Å². The Morgan fingerprint density at radius 2 is 2.20 bits per heavy atom. The molecule has 0 saturated heterocycles. The SMILES string of the molecule is CCOC(=O)c1c(C)[nH]c(C(=O)NC2=NCCS2)c1C. The van der Waals surface area contributed by atoms with Crippen LogP contribution in [0.5, 0.6) is 0 Å². The first-order chi connectivity index (χ1) is 9.54. The van der Waals surface area contributed by atoms with Gasteiger partial charge in [-0.3, -0.25) is 9.79 Å². The fraction of sp³-hybridized carbons (Fsp3) is 0.462. The van der Waals surface area contributed by atoms with Gasteiger partial charge in [0.15, 0.2) is 5.17 Å². The number of carbonyl (C=O) groups is 2. The van der Waals surface area contributed by atoms with E-state index in [0.29, 0.717) is 34.3 Å². The van der Waals surface area contributed by atoms with Gasteiger partial charge >= 0.3 is 5.97 Å². The molecule has 6 nitrogen and oxygen atoms in total. The molecule has 1 aliphatic rings. The van der Waals surface area contributed by atoms with E-state index in [9.17, 15) is 9.59 Å². The minimum atomic E-state index is -0.412. The van der Waals surface area contributed by atoms with Gasteiger partial charge in [0.1, 0.15) is 5.69 Å². The number of esters is 1. The molecule has 2 rings (SSSR count). The van der Waals surface area contributed by atoms with E-state index in [4.69, 9.17) is 4.74 Å². The molecule has 0 aliphatic carbocycles. The van der Waals surface area contributed by atoms with Crippen molar-refractivity contribution in [1.82, 2.24) is 10.3 Å². The number of amidine groups is 1. The Hall–Kier alpha value is -1.76. The van der Waals surface area contributed by atoms with E-state index in [-0.39, 0.29) is 5.91 Å². The lowest BCUT2D eigenvalue weighted by molar-refractivity contribution is 0.0525. The summed E-state index contributed by atoms with van der Waals surface area (Å²) in [4.78, 5) is 31.2. The monoisotopic (exact) mass is 295 g/mol. The minimum Gasteiger partial charge on any atom is -0.462 e. The van der Waals surface area contributed by atoms with Crippen LogP contribution in [0, 0.1) is 13.8 Å². The van der Waals surface area contributed by atoms with Crippen molar-refractivity contribution in [1.29, 1.82) is 0 Å². The molecule has 1 amide bonds. The lowest BCUT2D eigenvalue weighted by atomic mass is 10.1. The Balaban J connectivity index is 2.22. The zero-order valence-corrected chi connectivity index (χ0v) is 12.5. The van der Waals surface area contributed by atoms with Crippen LogP contribution in [0.3, 0.4) is 0 Å². The molecule has 0 unspecified atom stereocenters. The molecule has 20 heavy (non-hydrogen) atoms. The third-order valence-corrected chi connectivity index (χ3v) is 3.84. The number of aromatic amines is 1. The molecule has 0 radical (unpaired) electrons. The Morgan fingerprint density at radius 1 is 1.45 bits per heavy atom. The second kappa shape index (κ2) is 6.13. The highest BCUT2D eigenvalue weighted by Gasteiger charge is 2.23. The third kappa shape index (κ3) is 2.87. The maximum atomic E-state index is 12.2. The van der Waals surface area contributed by atoms with Crippen LogP contribution >= 0.6 is 11.8 Å². The van der Waals surface area contributed by atoms with Gasteiger partial charge in [-0.15, -0.1) is 0 Å². The number of nitrogens with zero attached hydrogens (tertiary/aromatic N) is 1. The maximum absolute atomic E-state index is 12.2. The number of hydrogen-bond donors (Lipinski definition) is 2. The van der Waals surface area contributed by atoms with Gasteiger partial charge in [-0.05, 0) is 26.3 Å². The number of hydrogen-bond acceptors (Lipinski definition) is 5. The molecule has 0 aromatic carbocycles. The third-order valence-electron chi connectivity index (χ3n) is 2.95. The quantitative estimate of drug-likeness (QED) is 0.830. The van der Waals surface area contributed by atoms with Crippen LogP contribution in [0.15, 0.2) is 4.99 Å². The zero-order valence-electron chi connectivity index (χ0n) is 11.7. The topological polar surface area (TPSA) is 83.5 Å². The highest BCUT2D eigenvalue weighted by molar-refractivity contribution is 8.14. The van der Waals surface area contributed by atoms with Crippen LogP contribution in [-0.4, -0.2) is 40.9 Å². The molecule has 0 bridgehead atoms. The number of H-pyrrole nitrogens is 1. The Morgan fingerprint density at radius 3 is 2.80 bits per heavy atom. The lowest BCUT2D eigenvalue weighted by Crippen LogP contribution is -2.28. The molecular formula is C13H17N3O3S. The predicted molar refractivity (Wildman–Crippen MR) is 78.4 cm³/mol. The number of carbonyl (C=O) groups excluding carboxylic acids is 2. The van der Waals surface area contributed by atoms with E-state index in [1.807, 2.05) is 0 Å². The molecule has 1 aromatic heterocycles.